The van der Waals surface area contributed by atoms with Crippen LogP contribution in [0.4, 0.5) is 4.39 Å². The van der Waals surface area contributed by atoms with Crippen LogP contribution in [0, 0.1) is 5.82 Å². The molecule has 4 rings (SSSR count). The predicted octanol–water partition coefficient (Wildman–Crippen LogP) is 4.59. The summed E-state index contributed by atoms with van der Waals surface area (Å²) in [6.45, 7) is 0. The first-order valence-electron chi connectivity index (χ1n) is 8.11. The van der Waals surface area contributed by atoms with E-state index in [1.165, 1.54) is 23.4 Å². The van der Waals surface area contributed by atoms with E-state index in [1.54, 1.807) is 13.2 Å². The number of nitrogens with zero attached hydrogens (tertiary/aromatic N) is 2. The number of hydrogen-bond acceptors (Lipinski definition) is 5. The highest BCUT2D eigenvalue weighted by Crippen LogP contribution is 2.44. The highest BCUT2D eigenvalue weighted by atomic mass is 32.2. The number of ether oxygens (including phenoxy) is 1. The standard InChI is InChI=1S/C19H17FN2O2S/c1-23-15-7-2-12(3-8-15)10-18-21-22-19(24-18)25-17-9-5-13-4-6-14(20)11-16(13)17/h2-4,6-8,11,17H,5,9-10H2,1H3/t17-/m1/s1. The van der Waals surface area contributed by atoms with Crippen molar-refractivity contribution in [1.82, 2.24) is 10.2 Å². The second-order valence-corrected chi connectivity index (χ2v) is 7.13. The summed E-state index contributed by atoms with van der Waals surface area (Å²) >= 11 is 1.51. The summed E-state index contributed by atoms with van der Waals surface area (Å²) in [7, 11) is 1.64. The van der Waals surface area contributed by atoms with Gasteiger partial charge in [0.15, 0.2) is 0 Å². The number of benzene rings is 2. The van der Waals surface area contributed by atoms with Crippen LogP contribution < -0.4 is 4.74 Å². The summed E-state index contributed by atoms with van der Waals surface area (Å²) in [6.07, 6.45) is 2.49. The van der Waals surface area contributed by atoms with Crippen LogP contribution in [0.3, 0.4) is 0 Å². The maximum Gasteiger partial charge on any atom is 0.277 e. The molecule has 1 aromatic heterocycles. The molecule has 0 fully saturated rings. The first-order chi connectivity index (χ1) is 12.2. The van der Waals surface area contributed by atoms with E-state index in [-0.39, 0.29) is 11.1 Å². The quantitative estimate of drug-likeness (QED) is 0.669. The van der Waals surface area contributed by atoms with Gasteiger partial charge in [-0.2, -0.15) is 0 Å². The Hall–Kier alpha value is -2.34. The van der Waals surface area contributed by atoms with E-state index in [4.69, 9.17) is 9.15 Å². The zero-order valence-corrected chi connectivity index (χ0v) is 14.6. The molecule has 0 aliphatic heterocycles. The lowest BCUT2D eigenvalue weighted by atomic mass is 10.1. The molecule has 128 valence electrons. The first-order valence-corrected chi connectivity index (χ1v) is 8.99. The van der Waals surface area contributed by atoms with Crippen molar-refractivity contribution in [3.8, 4) is 5.75 Å². The van der Waals surface area contributed by atoms with Gasteiger partial charge in [-0.3, -0.25) is 0 Å². The Labute approximate surface area is 149 Å². The minimum absolute atomic E-state index is 0.167. The molecule has 0 saturated carbocycles. The van der Waals surface area contributed by atoms with Gasteiger partial charge in [-0.05, 0) is 53.8 Å². The average Bonchev–Trinajstić information content (AvgIpc) is 3.23. The molecule has 0 radical (unpaired) electrons. The van der Waals surface area contributed by atoms with Crippen LogP contribution in [0.25, 0.3) is 0 Å². The Kier molecular flexibility index (Phi) is 4.44. The molecule has 4 nitrogen and oxygen atoms in total. The fourth-order valence-corrected chi connectivity index (χ4v) is 4.11. The Bertz CT molecular complexity index is 879. The second-order valence-electron chi connectivity index (χ2n) is 5.97. The van der Waals surface area contributed by atoms with E-state index in [9.17, 15) is 4.39 Å². The molecule has 1 atom stereocenters. The number of hydrogen-bond donors (Lipinski definition) is 0. The van der Waals surface area contributed by atoms with E-state index >= 15 is 0 Å². The number of aromatic nitrogens is 2. The van der Waals surface area contributed by atoms with E-state index in [0.29, 0.717) is 17.5 Å². The zero-order chi connectivity index (χ0) is 17.2. The molecule has 1 heterocycles. The third-order valence-electron chi connectivity index (χ3n) is 4.34. The molecule has 1 aliphatic carbocycles. The topological polar surface area (TPSA) is 48.2 Å². The molecule has 1 aliphatic rings. The van der Waals surface area contributed by atoms with Gasteiger partial charge in [-0.15, -0.1) is 10.2 Å². The third kappa shape index (κ3) is 3.54. The number of methoxy groups -OCH3 is 1. The van der Waals surface area contributed by atoms with Crippen LogP contribution in [0.1, 0.15) is 34.3 Å². The predicted molar refractivity (Wildman–Crippen MR) is 93.4 cm³/mol. The minimum atomic E-state index is -0.197. The summed E-state index contributed by atoms with van der Waals surface area (Å²) in [5, 5.41) is 8.96. The van der Waals surface area contributed by atoms with Crippen LogP contribution in [0.15, 0.2) is 52.1 Å². The maximum absolute atomic E-state index is 13.5. The van der Waals surface area contributed by atoms with Crippen LogP contribution in [0.2, 0.25) is 0 Å². The largest absolute Gasteiger partial charge is 0.497 e. The molecule has 0 bridgehead atoms. The van der Waals surface area contributed by atoms with Gasteiger partial charge in [-0.1, -0.05) is 30.0 Å². The Balaban J connectivity index is 1.44. The van der Waals surface area contributed by atoms with Crippen LogP contribution in [-0.2, 0) is 12.8 Å². The highest BCUT2D eigenvalue weighted by molar-refractivity contribution is 7.99. The summed E-state index contributed by atoms with van der Waals surface area (Å²) in [5.74, 6) is 1.19. The summed E-state index contributed by atoms with van der Waals surface area (Å²) in [6, 6.07) is 12.8. The lowest BCUT2D eigenvalue weighted by Crippen LogP contribution is -1.89. The zero-order valence-electron chi connectivity index (χ0n) is 13.7. The average molecular weight is 356 g/mol. The van der Waals surface area contributed by atoms with Gasteiger partial charge < -0.3 is 9.15 Å². The van der Waals surface area contributed by atoms with Gasteiger partial charge in [0, 0.05) is 5.25 Å². The van der Waals surface area contributed by atoms with Crippen molar-refractivity contribution >= 4 is 11.8 Å². The van der Waals surface area contributed by atoms with E-state index in [2.05, 4.69) is 10.2 Å². The lowest BCUT2D eigenvalue weighted by Gasteiger charge is -2.07. The SMILES string of the molecule is COc1ccc(Cc2nnc(S[C@@H]3CCc4ccc(F)cc43)o2)cc1. The molecule has 0 spiro atoms. The molecule has 6 heteroatoms. The highest BCUT2D eigenvalue weighted by Gasteiger charge is 2.26. The molecule has 0 saturated heterocycles. The van der Waals surface area contributed by atoms with E-state index < -0.39 is 0 Å². The third-order valence-corrected chi connectivity index (χ3v) is 5.48. The van der Waals surface area contributed by atoms with Gasteiger partial charge in [-0.25, -0.2) is 4.39 Å². The molecule has 25 heavy (non-hydrogen) atoms. The molecular formula is C19H17FN2O2S. The fourth-order valence-electron chi connectivity index (χ4n) is 3.05. The molecule has 2 aromatic carbocycles. The van der Waals surface area contributed by atoms with Crippen molar-refractivity contribution in [2.75, 3.05) is 7.11 Å². The Morgan fingerprint density at radius 2 is 2.04 bits per heavy atom. The maximum atomic E-state index is 13.5. The monoisotopic (exact) mass is 356 g/mol. The Morgan fingerprint density at radius 3 is 2.84 bits per heavy atom. The second kappa shape index (κ2) is 6.88. The van der Waals surface area contributed by atoms with Gasteiger partial charge in [0.05, 0.1) is 13.5 Å². The number of thioether (sulfide) groups is 1. The number of aryl methyl sites for hydroxylation is 1. The van der Waals surface area contributed by atoms with Gasteiger partial charge in [0.25, 0.3) is 5.22 Å². The lowest BCUT2D eigenvalue weighted by molar-refractivity contribution is 0.413. The van der Waals surface area contributed by atoms with Crippen molar-refractivity contribution in [2.24, 2.45) is 0 Å². The van der Waals surface area contributed by atoms with Crippen molar-refractivity contribution in [3.63, 3.8) is 0 Å². The normalized spacial score (nSPS) is 16.0. The Morgan fingerprint density at radius 1 is 1.20 bits per heavy atom. The molecule has 0 amide bonds. The first kappa shape index (κ1) is 16.1. The van der Waals surface area contributed by atoms with Crippen LogP contribution in [0.5, 0.6) is 5.75 Å². The van der Waals surface area contributed by atoms with Crippen molar-refractivity contribution in [3.05, 3.63) is 70.9 Å². The summed E-state index contributed by atoms with van der Waals surface area (Å²) < 4.78 is 24.4. The van der Waals surface area contributed by atoms with Crippen molar-refractivity contribution < 1.29 is 13.5 Å². The van der Waals surface area contributed by atoms with Crippen molar-refractivity contribution in [2.45, 2.75) is 29.7 Å². The van der Waals surface area contributed by atoms with Crippen LogP contribution >= 0.6 is 11.8 Å². The molecule has 3 aromatic rings. The van der Waals surface area contributed by atoms with Crippen molar-refractivity contribution in [1.29, 1.82) is 0 Å². The summed E-state index contributed by atoms with van der Waals surface area (Å²) in [4.78, 5) is 0. The number of rotatable bonds is 5. The molecule has 0 N–H and O–H groups in total. The number of fused-ring (bicyclic) bond motifs is 1. The molecular weight excluding hydrogens is 339 g/mol. The van der Waals surface area contributed by atoms with Gasteiger partial charge >= 0.3 is 0 Å². The van der Waals surface area contributed by atoms with Gasteiger partial charge in [0.1, 0.15) is 11.6 Å². The van der Waals surface area contributed by atoms with Crippen LogP contribution in [-0.4, -0.2) is 17.3 Å². The van der Waals surface area contributed by atoms with E-state index in [0.717, 1.165) is 29.7 Å². The fraction of sp³-hybridized carbons (Fsp3) is 0.263. The minimum Gasteiger partial charge on any atom is -0.497 e. The smallest absolute Gasteiger partial charge is 0.277 e. The van der Waals surface area contributed by atoms with Gasteiger partial charge in [0.2, 0.25) is 5.89 Å². The molecule has 0 unspecified atom stereocenters. The number of halogens is 1. The summed E-state index contributed by atoms with van der Waals surface area (Å²) in [5.41, 5.74) is 3.33. The van der Waals surface area contributed by atoms with E-state index in [1.807, 2.05) is 30.3 Å².